The minimum absolute atomic E-state index is 0.150. The van der Waals surface area contributed by atoms with Crippen molar-refractivity contribution >= 4 is 15.8 Å². The number of esters is 1. The van der Waals surface area contributed by atoms with Crippen LogP contribution in [-0.2, 0) is 9.84 Å². The molecule has 2 aromatic rings. The quantitative estimate of drug-likeness (QED) is 0.640. The molecule has 0 radical (unpaired) electrons. The third-order valence-corrected chi connectivity index (χ3v) is 4.17. The molecule has 0 aliphatic carbocycles. The van der Waals surface area contributed by atoms with Crippen LogP contribution in [0.5, 0.6) is 11.5 Å². The molecule has 5 nitrogen and oxygen atoms in total. The number of benzene rings is 2. The lowest BCUT2D eigenvalue weighted by atomic mass is 10.2. The van der Waals surface area contributed by atoms with Crippen molar-refractivity contribution in [1.29, 1.82) is 0 Å². The highest BCUT2D eigenvalue weighted by Crippen LogP contribution is 2.28. The van der Waals surface area contributed by atoms with E-state index in [4.69, 9.17) is 9.47 Å². The smallest absolute Gasteiger partial charge is 0.343 e. The fourth-order valence-corrected chi connectivity index (χ4v) is 2.49. The van der Waals surface area contributed by atoms with Crippen molar-refractivity contribution < 1.29 is 22.7 Å². The van der Waals surface area contributed by atoms with Crippen molar-refractivity contribution in [1.82, 2.24) is 0 Å². The zero-order chi connectivity index (χ0) is 16.3. The average Bonchev–Trinajstić information content (AvgIpc) is 2.48. The zero-order valence-corrected chi connectivity index (χ0v) is 13.3. The van der Waals surface area contributed by atoms with Crippen LogP contribution in [0.25, 0.3) is 0 Å². The molecule has 0 aromatic heterocycles. The molecule has 0 spiro atoms. The fraction of sp³-hybridized carbons (Fsp3) is 0.188. The van der Waals surface area contributed by atoms with E-state index in [-0.39, 0.29) is 10.5 Å². The molecule has 0 atom stereocenters. The summed E-state index contributed by atoms with van der Waals surface area (Å²) in [5.74, 6) is 0.189. The van der Waals surface area contributed by atoms with Gasteiger partial charge in [-0.1, -0.05) is 6.07 Å². The Balaban J connectivity index is 2.23. The minimum atomic E-state index is -3.29. The first kappa shape index (κ1) is 16.0. The van der Waals surface area contributed by atoms with Crippen molar-refractivity contribution in [2.45, 2.75) is 11.8 Å². The van der Waals surface area contributed by atoms with Gasteiger partial charge in [0, 0.05) is 6.26 Å². The van der Waals surface area contributed by atoms with Crippen LogP contribution in [0.2, 0.25) is 0 Å². The maximum absolute atomic E-state index is 12.1. The van der Waals surface area contributed by atoms with E-state index in [1.54, 1.807) is 18.2 Å². The van der Waals surface area contributed by atoms with Crippen LogP contribution < -0.4 is 9.47 Å². The first-order valence-electron chi connectivity index (χ1n) is 6.48. The number of ether oxygens (including phenoxy) is 2. The van der Waals surface area contributed by atoms with Crippen LogP contribution in [0, 0.1) is 6.92 Å². The van der Waals surface area contributed by atoms with E-state index in [0.29, 0.717) is 11.5 Å². The Morgan fingerprint density at radius 1 is 1.00 bits per heavy atom. The molecule has 0 aliphatic heterocycles. The van der Waals surface area contributed by atoms with E-state index < -0.39 is 15.8 Å². The molecule has 2 aromatic carbocycles. The second kappa shape index (κ2) is 6.19. The normalized spacial score (nSPS) is 11.0. The molecule has 6 heteroatoms. The Bertz CT molecular complexity index is 792. The predicted molar refractivity (Wildman–Crippen MR) is 82.2 cm³/mol. The van der Waals surface area contributed by atoms with Gasteiger partial charge in [0.2, 0.25) is 0 Å². The van der Waals surface area contributed by atoms with Gasteiger partial charge in [-0.05, 0) is 48.9 Å². The van der Waals surface area contributed by atoms with Crippen molar-refractivity contribution in [3.05, 3.63) is 53.6 Å². The predicted octanol–water partition coefficient (Wildman–Crippen LogP) is 2.63. The Hall–Kier alpha value is -2.34. The summed E-state index contributed by atoms with van der Waals surface area (Å²) >= 11 is 0. The molecular weight excluding hydrogens is 304 g/mol. The fourth-order valence-electron chi connectivity index (χ4n) is 1.86. The summed E-state index contributed by atoms with van der Waals surface area (Å²) in [4.78, 5) is 12.3. The van der Waals surface area contributed by atoms with Gasteiger partial charge >= 0.3 is 5.97 Å². The van der Waals surface area contributed by atoms with Crippen LogP contribution in [0.4, 0.5) is 0 Å². The summed E-state index contributed by atoms with van der Waals surface area (Å²) in [7, 11) is -1.80. The van der Waals surface area contributed by atoms with E-state index in [9.17, 15) is 13.2 Å². The number of aryl methyl sites for hydroxylation is 1. The zero-order valence-electron chi connectivity index (χ0n) is 12.5. The Morgan fingerprint density at radius 3 is 2.18 bits per heavy atom. The van der Waals surface area contributed by atoms with Crippen LogP contribution in [0.1, 0.15) is 15.9 Å². The van der Waals surface area contributed by atoms with E-state index in [1.807, 2.05) is 6.92 Å². The molecule has 0 amide bonds. The number of sulfone groups is 1. The Labute approximate surface area is 129 Å². The van der Waals surface area contributed by atoms with Gasteiger partial charge in [-0.3, -0.25) is 0 Å². The second-order valence-electron chi connectivity index (χ2n) is 4.84. The third-order valence-electron chi connectivity index (χ3n) is 3.04. The maximum atomic E-state index is 12.1. The van der Waals surface area contributed by atoms with E-state index in [0.717, 1.165) is 11.8 Å². The number of hydrogen-bond donors (Lipinski definition) is 0. The number of carbonyl (C=O) groups excluding carboxylic acids is 1. The van der Waals surface area contributed by atoms with Crippen molar-refractivity contribution in [2.75, 3.05) is 13.4 Å². The first-order chi connectivity index (χ1) is 10.3. The lowest BCUT2D eigenvalue weighted by Crippen LogP contribution is -2.09. The topological polar surface area (TPSA) is 69.7 Å². The number of methoxy groups -OCH3 is 1. The van der Waals surface area contributed by atoms with E-state index in [2.05, 4.69) is 0 Å². The lowest BCUT2D eigenvalue weighted by Gasteiger charge is -2.10. The van der Waals surface area contributed by atoms with Crippen molar-refractivity contribution in [3.63, 3.8) is 0 Å². The Kier molecular flexibility index (Phi) is 4.51. The van der Waals surface area contributed by atoms with Crippen LogP contribution in [0.3, 0.4) is 0 Å². The molecular formula is C16H16O5S. The SMILES string of the molecule is COc1cc(C)ccc1OC(=O)c1ccc(S(C)(=O)=O)cc1. The van der Waals surface area contributed by atoms with Gasteiger partial charge < -0.3 is 9.47 Å². The van der Waals surface area contributed by atoms with E-state index in [1.165, 1.54) is 31.4 Å². The van der Waals surface area contributed by atoms with Crippen molar-refractivity contribution in [3.8, 4) is 11.5 Å². The molecule has 116 valence electrons. The van der Waals surface area contributed by atoms with Crippen LogP contribution in [-0.4, -0.2) is 27.8 Å². The van der Waals surface area contributed by atoms with Gasteiger partial charge in [-0.25, -0.2) is 13.2 Å². The molecule has 0 heterocycles. The van der Waals surface area contributed by atoms with Gasteiger partial charge in [-0.2, -0.15) is 0 Å². The lowest BCUT2D eigenvalue weighted by molar-refractivity contribution is 0.0729. The molecule has 0 saturated heterocycles. The van der Waals surface area contributed by atoms with Crippen LogP contribution >= 0.6 is 0 Å². The summed E-state index contributed by atoms with van der Waals surface area (Å²) in [6.07, 6.45) is 1.11. The molecule has 0 saturated carbocycles. The highest BCUT2D eigenvalue weighted by molar-refractivity contribution is 7.90. The molecule has 0 unspecified atom stereocenters. The van der Waals surface area contributed by atoms with Gasteiger partial charge in [0.05, 0.1) is 17.6 Å². The van der Waals surface area contributed by atoms with Crippen LogP contribution in [0.15, 0.2) is 47.4 Å². The molecule has 22 heavy (non-hydrogen) atoms. The third kappa shape index (κ3) is 3.65. The number of carbonyl (C=O) groups is 1. The molecule has 0 N–H and O–H groups in total. The average molecular weight is 320 g/mol. The maximum Gasteiger partial charge on any atom is 0.343 e. The molecule has 0 bridgehead atoms. The molecule has 0 aliphatic rings. The highest BCUT2D eigenvalue weighted by Gasteiger charge is 2.14. The summed E-state index contributed by atoms with van der Waals surface area (Å²) in [6.45, 7) is 1.90. The standard InChI is InChI=1S/C16H16O5S/c1-11-4-9-14(15(10-11)20-2)21-16(17)12-5-7-13(8-6-12)22(3,18)19/h4-10H,1-3H3. The number of hydrogen-bond acceptors (Lipinski definition) is 5. The van der Waals surface area contributed by atoms with Gasteiger partial charge in [-0.15, -0.1) is 0 Å². The second-order valence-corrected chi connectivity index (χ2v) is 6.86. The monoisotopic (exact) mass is 320 g/mol. The van der Waals surface area contributed by atoms with Gasteiger partial charge in [0.1, 0.15) is 0 Å². The first-order valence-corrected chi connectivity index (χ1v) is 8.37. The summed E-state index contributed by atoms with van der Waals surface area (Å²) in [6, 6.07) is 10.8. The minimum Gasteiger partial charge on any atom is -0.493 e. The summed E-state index contributed by atoms with van der Waals surface area (Å²) in [5.41, 5.74) is 1.24. The highest BCUT2D eigenvalue weighted by atomic mass is 32.2. The van der Waals surface area contributed by atoms with Gasteiger partial charge in [0.25, 0.3) is 0 Å². The van der Waals surface area contributed by atoms with Crippen molar-refractivity contribution in [2.24, 2.45) is 0 Å². The van der Waals surface area contributed by atoms with E-state index >= 15 is 0 Å². The summed E-state index contributed by atoms with van der Waals surface area (Å²) in [5, 5.41) is 0. The molecule has 0 fully saturated rings. The Morgan fingerprint density at radius 2 is 1.64 bits per heavy atom. The van der Waals surface area contributed by atoms with Gasteiger partial charge in [0.15, 0.2) is 21.3 Å². The number of rotatable bonds is 4. The summed E-state index contributed by atoms with van der Waals surface area (Å²) < 4.78 is 33.2. The molecule has 2 rings (SSSR count). The largest absolute Gasteiger partial charge is 0.493 e.